The number of carbonyl (C=O) groups excluding carboxylic acids is 1. The predicted octanol–water partition coefficient (Wildman–Crippen LogP) is 5.62. The average Bonchev–Trinajstić information content (AvgIpc) is 2.60. The van der Waals surface area contributed by atoms with E-state index in [0.29, 0.717) is 5.15 Å². The van der Waals surface area contributed by atoms with Crippen LogP contribution in [0.2, 0.25) is 5.15 Å². The van der Waals surface area contributed by atoms with E-state index in [4.69, 9.17) is 16.3 Å². The Morgan fingerprint density at radius 2 is 1.97 bits per heavy atom. The molecule has 1 N–H and O–H groups in total. The highest BCUT2D eigenvalue weighted by molar-refractivity contribution is 14.1. The van der Waals surface area contributed by atoms with Crippen molar-refractivity contribution >= 4 is 57.0 Å². The Morgan fingerprint density at radius 1 is 1.28 bits per heavy atom. The largest absolute Gasteiger partial charge is 0.444 e. The monoisotopic (exact) mass is 528 g/mol. The van der Waals surface area contributed by atoms with Gasteiger partial charge in [-0.3, -0.25) is 4.98 Å². The first-order valence-corrected chi connectivity index (χ1v) is 11.5. The van der Waals surface area contributed by atoms with Crippen LogP contribution in [0.1, 0.15) is 52.9 Å². The molecule has 1 amide bonds. The fraction of sp³-hybridized carbons (Fsp3) is 0.571. The molecule has 8 heteroatoms. The number of hydrogen-bond donors (Lipinski definition) is 1. The molecule has 0 aromatic carbocycles. The number of carbonyl (C=O) groups is 1. The number of pyridine rings is 2. The van der Waals surface area contributed by atoms with Gasteiger partial charge in [0.25, 0.3) is 0 Å². The highest BCUT2D eigenvalue weighted by atomic mass is 127. The van der Waals surface area contributed by atoms with Crippen LogP contribution in [-0.4, -0.2) is 44.7 Å². The molecule has 2 atom stereocenters. The van der Waals surface area contributed by atoms with E-state index < -0.39 is 5.60 Å². The Balaban J connectivity index is 1.55. The summed E-state index contributed by atoms with van der Waals surface area (Å²) in [5.74, 6) is 0.771. The van der Waals surface area contributed by atoms with Crippen LogP contribution in [-0.2, 0) is 4.74 Å². The lowest BCUT2D eigenvalue weighted by atomic mass is 9.82. The van der Waals surface area contributed by atoms with Crippen LogP contribution in [0.15, 0.2) is 18.3 Å². The first-order valence-electron chi connectivity index (χ1n) is 10.1. The lowest BCUT2D eigenvalue weighted by Crippen LogP contribution is -2.58. The van der Waals surface area contributed by atoms with E-state index in [9.17, 15) is 4.79 Å². The third kappa shape index (κ3) is 4.71. The van der Waals surface area contributed by atoms with Gasteiger partial charge in [0.05, 0.1) is 5.52 Å². The minimum absolute atomic E-state index is 0.185. The molecule has 2 aromatic heterocycles. The van der Waals surface area contributed by atoms with Gasteiger partial charge >= 0.3 is 6.09 Å². The molecule has 2 aliphatic heterocycles. The number of halogens is 2. The molecule has 2 aromatic rings. The molecule has 6 nitrogen and oxygen atoms in total. The predicted molar refractivity (Wildman–Crippen MR) is 123 cm³/mol. The van der Waals surface area contributed by atoms with Crippen LogP contribution in [0.4, 0.5) is 10.6 Å². The molecule has 0 aliphatic carbocycles. The quantitative estimate of drug-likeness (QED) is 0.405. The van der Waals surface area contributed by atoms with Gasteiger partial charge in [0.15, 0.2) is 0 Å². The van der Waals surface area contributed by atoms with Gasteiger partial charge in [-0.1, -0.05) is 11.6 Å². The van der Waals surface area contributed by atoms with Crippen LogP contribution in [0.3, 0.4) is 0 Å². The second-order valence-corrected chi connectivity index (χ2v) is 10.6. The molecule has 0 spiro atoms. The van der Waals surface area contributed by atoms with Gasteiger partial charge in [-0.2, -0.15) is 0 Å². The smallest absolute Gasteiger partial charge is 0.410 e. The summed E-state index contributed by atoms with van der Waals surface area (Å²) in [6.07, 6.45) is 6.57. The van der Waals surface area contributed by atoms with Gasteiger partial charge in [-0.05, 0) is 81.5 Å². The summed E-state index contributed by atoms with van der Waals surface area (Å²) in [7, 11) is 0. The van der Waals surface area contributed by atoms with Crippen molar-refractivity contribution in [2.45, 2.75) is 76.6 Å². The Hall–Kier alpha value is -1.35. The zero-order valence-electron chi connectivity index (χ0n) is 16.9. The Kier molecular flexibility index (Phi) is 5.81. The molecule has 0 radical (unpaired) electrons. The molecule has 29 heavy (non-hydrogen) atoms. The van der Waals surface area contributed by atoms with Crippen LogP contribution in [0, 0.1) is 3.57 Å². The summed E-state index contributed by atoms with van der Waals surface area (Å²) in [5, 5.41) is 5.01. The standard InChI is InChI=1S/C21H26ClIN4O2/c1-21(2,3)29-20(28)27-14-5-4-6-15(27)9-13(8-14)25-19-16-7-12(23)11-24-17(16)10-18(22)26-19/h7,10-11,13-15H,4-6,8-9H2,1-3H3,(H,25,26). The number of fused-ring (bicyclic) bond motifs is 3. The Morgan fingerprint density at radius 3 is 2.62 bits per heavy atom. The van der Waals surface area contributed by atoms with Gasteiger partial charge in [0.2, 0.25) is 0 Å². The SMILES string of the molecule is CC(C)(C)OC(=O)N1C2CCCC1CC(Nc1nc(Cl)cc3ncc(I)cc13)C2. The summed E-state index contributed by atoms with van der Waals surface area (Å²) in [6, 6.07) is 4.48. The number of ether oxygens (including phenoxy) is 1. The van der Waals surface area contributed by atoms with Crippen molar-refractivity contribution in [1.82, 2.24) is 14.9 Å². The second-order valence-electron chi connectivity index (χ2n) is 8.95. The molecular formula is C21H26ClIN4O2. The fourth-order valence-corrected chi connectivity index (χ4v) is 5.12. The van der Waals surface area contributed by atoms with Crippen LogP contribution < -0.4 is 5.32 Å². The zero-order chi connectivity index (χ0) is 20.8. The fourth-order valence-electron chi connectivity index (χ4n) is 4.48. The van der Waals surface area contributed by atoms with E-state index in [1.54, 1.807) is 6.07 Å². The molecule has 2 bridgehead atoms. The van der Waals surface area contributed by atoms with E-state index in [1.165, 1.54) is 0 Å². The van der Waals surface area contributed by atoms with Gasteiger partial charge in [-0.25, -0.2) is 9.78 Å². The van der Waals surface area contributed by atoms with Gasteiger partial charge in [0, 0.05) is 39.3 Å². The minimum atomic E-state index is -0.478. The van der Waals surface area contributed by atoms with E-state index in [1.807, 2.05) is 31.9 Å². The van der Waals surface area contributed by atoms with E-state index in [2.05, 4.69) is 43.9 Å². The number of rotatable bonds is 2. The Labute approximate surface area is 189 Å². The van der Waals surface area contributed by atoms with E-state index in [-0.39, 0.29) is 24.2 Å². The molecule has 156 valence electrons. The third-order valence-corrected chi connectivity index (χ3v) is 6.32. The summed E-state index contributed by atoms with van der Waals surface area (Å²) in [6.45, 7) is 5.75. The maximum absolute atomic E-state index is 12.8. The number of anilines is 1. The lowest BCUT2D eigenvalue weighted by molar-refractivity contribution is -0.0199. The number of piperidine rings is 2. The van der Waals surface area contributed by atoms with Gasteiger partial charge < -0.3 is 15.0 Å². The number of amides is 1. The molecular weight excluding hydrogens is 503 g/mol. The van der Waals surface area contributed by atoms with Crippen molar-refractivity contribution in [3.63, 3.8) is 0 Å². The van der Waals surface area contributed by atoms with Crippen molar-refractivity contribution in [3.05, 3.63) is 27.1 Å². The Bertz CT molecular complexity index is 919. The maximum atomic E-state index is 12.8. The zero-order valence-corrected chi connectivity index (χ0v) is 19.8. The van der Waals surface area contributed by atoms with Crippen LogP contribution >= 0.6 is 34.2 Å². The number of hydrogen-bond acceptors (Lipinski definition) is 5. The molecule has 2 aliphatic rings. The average molecular weight is 529 g/mol. The number of nitrogens with zero attached hydrogens (tertiary/aromatic N) is 3. The molecule has 2 saturated heterocycles. The van der Waals surface area contributed by atoms with Gasteiger partial charge in [0.1, 0.15) is 16.6 Å². The topological polar surface area (TPSA) is 67.3 Å². The van der Waals surface area contributed by atoms with E-state index >= 15 is 0 Å². The van der Waals surface area contributed by atoms with Crippen LogP contribution in [0.5, 0.6) is 0 Å². The highest BCUT2D eigenvalue weighted by Crippen LogP contribution is 2.37. The second kappa shape index (κ2) is 8.06. The first kappa shape index (κ1) is 20.9. The van der Waals surface area contributed by atoms with Crippen molar-refractivity contribution in [1.29, 1.82) is 0 Å². The lowest BCUT2D eigenvalue weighted by Gasteiger charge is -2.48. The third-order valence-electron chi connectivity index (χ3n) is 5.53. The molecule has 4 heterocycles. The first-order chi connectivity index (χ1) is 13.7. The van der Waals surface area contributed by atoms with Gasteiger partial charge in [-0.15, -0.1) is 0 Å². The van der Waals surface area contributed by atoms with Crippen molar-refractivity contribution < 1.29 is 9.53 Å². The molecule has 0 saturated carbocycles. The normalized spacial score (nSPS) is 24.4. The molecule has 4 rings (SSSR count). The van der Waals surface area contributed by atoms with Crippen molar-refractivity contribution in [3.8, 4) is 0 Å². The highest BCUT2D eigenvalue weighted by Gasteiger charge is 2.42. The molecule has 2 fully saturated rings. The van der Waals surface area contributed by atoms with Crippen molar-refractivity contribution in [2.75, 3.05) is 5.32 Å². The molecule has 2 unspecified atom stereocenters. The minimum Gasteiger partial charge on any atom is -0.444 e. The van der Waals surface area contributed by atoms with Crippen LogP contribution in [0.25, 0.3) is 10.9 Å². The number of nitrogens with one attached hydrogen (secondary N) is 1. The summed E-state index contributed by atoms with van der Waals surface area (Å²) < 4.78 is 6.74. The maximum Gasteiger partial charge on any atom is 0.410 e. The summed E-state index contributed by atoms with van der Waals surface area (Å²) in [5.41, 5.74) is 0.355. The summed E-state index contributed by atoms with van der Waals surface area (Å²) in [4.78, 5) is 23.8. The van der Waals surface area contributed by atoms with Crippen molar-refractivity contribution in [2.24, 2.45) is 0 Å². The van der Waals surface area contributed by atoms with E-state index in [0.717, 1.165) is 52.4 Å². The summed E-state index contributed by atoms with van der Waals surface area (Å²) >= 11 is 8.50. The number of aromatic nitrogens is 2.